The van der Waals surface area contributed by atoms with Gasteiger partial charge >= 0.3 is 5.97 Å². The lowest BCUT2D eigenvalue weighted by atomic mass is 9.98. The van der Waals surface area contributed by atoms with Crippen molar-refractivity contribution >= 4 is 11.9 Å². The summed E-state index contributed by atoms with van der Waals surface area (Å²) >= 11 is 0. The van der Waals surface area contributed by atoms with E-state index in [1.54, 1.807) is 0 Å². The number of aromatic carboxylic acids is 1. The van der Waals surface area contributed by atoms with E-state index in [2.05, 4.69) is 15.2 Å². The molecule has 0 spiro atoms. The van der Waals surface area contributed by atoms with Crippen LogP contribution in [0.2, 0.25) is 0 Å². The highest BCUT2D eigenvalue weighted by molar-refractivity contribution is 5.94. The number of rotatable bonds is 5. The minimum absolute atomic E-state index is 0.0528. The highest BCUT2D eigenvalue weighted by atomic mass is 16.4. The van der Waals surface area contributed by atoms with E-state index in [0.29, 0.717) is 24.2 Å². The number of pyridine rings is 1. The number of amides is 1. The number of carbonyl (C=O) groups excluding carboxylic acids is 1. The number of carbonyl (C=O) groups is 2. The molecule has 0 radical (unpaired) electrons. The summed E-state index contributed by atoms with van der Waals surface area (Å²) in [6.07, 6.45) is 7.65. The Morgan fingerprint density at radius 1 is 1.27 bits per heavy atom. The molecule has 1 saturated heterocycles. The number of carboxylic acids is 1. The van der Waals surface area contributed by atoms with Gasteiger partial charge < -0.3 is 10.4 Å². The van der Waals surface area contributed by atoms with E-state index < -0.39 is 5.97 Å². The van der Waals surface area contributed by atoms with Crippen LogP contribution < -0.4 is 5.32 Å². The normalized spacial score (nSPS) is 22.3. The maximum absolute atomic E-state index is 12.1. The Morgan fingerprint density at radius 2 is 2.05 bits per heavy atom. The molecule has 1 aromatic rings. The van der Waals surface area contributed by atoms with E-state index in [1.165, 1.54) is 44.0 Å². The van der Waals surface area contributed by atoms with Crippen LogP contribution in [-0.4, -0.2) is 52.0 Å². The first-order chi connectivity index (χ1) is 10.6. The zero-order valence-corrected chi connectivity index (χ0v) is 12.5. The minimum atomic E-state index is -1.09. The fourth-order valence-corrected chi connectivity index (χ4v) is 3.36. The number of nitrogens with zero attached hydrogens (tertiary/aromatic N) is 2. The number of aromatic nitrogens is 1. The Kier molecular flexibility index (Phi) is 4.38. The van der Waals surface area contributed by atoms with Gasteiger partial charge in [-0.1, -0.05) is 12.8 Å². The van der Waals surface area contributed by atoms with Crippen LogP contribution in [0.5, 0.6) is 0 Å². The molecule has 2 N–H and O–H groups in total. The van der Waals surface area contributed by atoms with Crippen LogP contribution in [0.15, 0.2) is 18.3 Å². The van der Waals surface area contributed by atoms with Gasteiger partial charge in [0.15, 0.2) is 0 Å². The molecular formula is C16H21N3O3. The summed E-state index contributed by atoms with van der Waals surface area (Å²) in [5.41, 5.74) is 0.347. The highest BCUT2D eigenvalue weighted by Crippen LogP contribution is 2.30. The van der Waals surface area contributed by atoms with Gasteiger partial charge in [0.05, 0.1) is 5.56 Å². The summed E-state index contributed by atoms with van der Waals surface area (Å²) in [4.78, 5) is 29.1. The molecule has 1 saturated carbocycles. The Morgan fingerprint density at radius 3 is 2.59 bits per heavy atom. The van der Waals surface area contributed by atoms with Gasteiger partial charge in [0.1, 0.15) is 5.69 Å². The molecule has 1 aromatic heterocycles. The molecule has 1 aliphatic carbocycles. The van der Waals surface area contributed by atoms with Crippen molar-refractivity contribution < 1.29 is 14.7 Å². The fourth-order valence-electron chi connectivity index (χ4n) is 3.36. The number of hydrogen-bond donors (Lipinski definition) is 2. The smallest absolute Gasteiger partial charge is 0.354 e. The number of likely N-dealkylation sites (tertiary alicyclic amines) is 1. The minimum Gasteiger partial charge on any atom is -0.477 e. The van der Waals surface area contributed by atoms with Crippen LogP contribution in [0, 0.1) is 0 Å². The molecule has 22 heavy (non-hydrogen) atoms. The third kappa shape index (κ3) is 3.11. The summed E-state index contributed by atoms with van der Waals surface area (Å²) < 4.78 is 0. The van der Waals surface area contributed by atoms with E-state index in [1.807, 2.05) is 0 Å². The molecule has 1 amide bonds. The van der Waals surface area contributed by atoms with Crippen LogP contribution >= 0.6 is 0 Å². The van der Waals surface area contributed by atoms with Crippen molar-refractivity contribution in [2.75, 3.05) is 13.1 Å². The highest BCUT2D eigenvalue weighted by Gasteiger charge is 2.35. The van der Waals surface area contributed by atoms with E-state index in [4.69, 9.17) is 5.11 Å². The Bertz CT molecular complexity index is 552. The Hall–Kier alpha value is -1.95. The molecule has 1 atom stereocenters. The van der Waals surface area contributed by atoms with Crippen LogP contribution in [0.1, 0.15) is 53.0 Å². The third-order valence-corrected chi connectivity index (χ3v) is 4.73. The molecule has 2 aliphatic rings. The lowest BCUT2D eigenvalue weighted by Crippen LogP contribution is -2.56. The van der Waals surface area contributed by atoms with Crippen molar-refractivity contribution in [1.29, 1.82) is 0 Å². The van der Waals surface area contributed by atoms with Crippen LogP contribution in [-0.2, 0) is 0 Å². The van der Waals surface area contributed by atoms with E-state index in [0.717, 1.165) is 13.0 Å². The molecule has 2 heterocycles. The first kappa shape index (κ1) is 15.0. The Balaban J connectivity index is 1.50. The van der Waals surface area contributed by atoms with Crippen molar-refractivity contribution in [2.45, 2.75) is 44.2 Å². The maximum Gasteiger partial charge on any atom is 0.354 e. The van der Waals surface area contributed by atoms with E-state index in [-0.39, 0.29) is 11.6 Å². The summed E-state index contributed by atoms with van der Waals surface area (Å²) in [5, 5.41) is 11.7. The fraction of sp³-hybridized carbons (Fsp3) is 0.562. The molecule has 1 aliphatic heterocycles. The van der Waals surface area contributed by atoms with Crippen molar-refractivity contribution in [3.05, 3.63) is 29.6 Å². The predicted molar refractivity (Wildman–Crippen MR) is 80.9 cm³/mol. The van der Waals surface area contributed by atoms with Gasteiger partial charge in [-0.05, 0) is 31.4 Å². The SMILES string of the molecule is O=C(NCC1CCN1C1CCCC1)c1ccc(C(=O)O)nc1. The molecule has 6 heteroatoms. The lowest BCUT2D eigenvalue weighted by Gasteiger charge is -2.45. The Labute approximate surface area is 129 Å². The average Bonchev–Trinajstić information content (AvgIpc) is 3.00. The molecule has 1 unspecified atom stereocenters. The predicted octanol–water partition coefficient (Wildman–Crippen LogP) is 1.53. The van der Waals surface area contributed by atoms with Crippen molar-refractivity contribution in [3.8, 4) is 0 Å². The van der Waals surface area contributed by atoms with Gasteiger partial charge in [0, 0.05) is 31.4 Å². The number of carboxylic acid groups (broad SMARTS) is 1. The molecular weight excluding hydrogens is 282 g/mol. The van der Waals surface area contributed by atoms with E-state index >= 15 is 0 Å². The number of hydrogen-bond acceptors (Lipinski definition) is 4. The second-order valence-corrected chi connectivity index (χ2v) is 6.07. The molecule has 2 fully saturated rings. The van der Waals surface area contributed by atoms with Crippen LogP contribution in [0.25, 0.3) is 0 Å². The lowest BCUT2D eigenvalue weighted by molar-refractivity contribution is 0.0425. The summed E-state index contributed by atoms with van der Waals surface area (Å²) in [6, 6.07) is 4.00. The largest absolute Gasteiger partial charge is 0.477 e. The van der Waals surface area contributed by atoms with Crippen molar-refractivity contribution in [2.24, 2.45) is 0 Å². The molecule has 118 valence electrons. The number of nitrogens with one attached hydrogen (secondary N) is 1. The molecule has 0 bridgehead atoms. The molecule has 6 nitrogen and oxygen atoms in total. The van der Waals surface area contributed by atoms with Crippen LogP contribution in [0.4, 0.5) is 0 Å². The molecule has 3 rings (SSSR count). The van der Waals surface area contributed by atoms with Gasteiger partial charge in [-0.2, -0.15) is 0 Å². The third-order valence-electron chi connectivity index (χ3n) is 4.73. The zero-order valence-electron chi connectivity index (χ0n) is 12.5. The monoisotopic (exact) mass is 303 g/mol. The maximum atomic E-state index is 12.1. The van der Waals surface area contributed by atoms with Gasteiger partial charge in [0.25, 0.3) is 5.91 Å². The van der Waals surface area contributed by atoms with Gasteiger partial charge in [0.2, 0.25) is 0 Å². The standard InChI is InChI=1S/C16H21N3O3/c20-15(11-5-6-14(16(21)22)17-9-11)18-10-13-7-8-19(13)12-3-1-2-4-12/h5-6,9,12-13H,1-4,7-8,10H2,(H,18,20)(H,21,22). The van der Waals surface area contributed by atoms with E-state index in [9.17, 15) is 9.59 Å². The zero-order chi connectivity index (χ0) is 15.5. The topological polar surface area (TPSA) is 82.5 Å². The molecule has 0 aromatic carbocycles. The summed E-state index contributed by atoms with van der Waals surface area (Å²) in [6.45, 7) is 1.79. The average molecular weight is 303 g/mol. The second kappa shape index (κ2) is 6.44. The quantitative estimate of drug-likeness (QED) is 0.862. The van der Waals surface area contributed by atoms with Gasteiger partial charge in [-0.25, -0.2) is 9.78 Å². The van der Waals surface area contributed by atoms with Gasteiger partial charge in [-0.3, -0.25) is 9.69 Å². The first-order valence-corrected chi connectivity index (χ1v) is 7.88. The van der Waals surface area contributed by atoms with Gasteiger partial charge in [-0.15, -0.1) is 0 Å². The summed E-state index contributed by atoms with van der Waals surface area (Å²) in [7, 11) is 0. The van der Waals surface area contributed by atoms with Crippen LogP contribution in [0.3, 0.4) is 0 Å². The van der Waals surface area contributed by atoms with Crippen molar-refractivity contribution in [1.82, 2.24) is 15.2 Å². The second-order valence-electron chi connectivity index (χ2n) is 6.07. The van der Waals surface area contributed by atoms with Crippen molar-refractivity contribution in [3.63, 3.8) is 0 Å². The first-order valence-electron chi connectivity index (χ1n) is 7.88. The summed E-state index contributed by atoms with van der Waals surface area (Å²) in [5.74, 6) is -1.28.